The number of nitrogens with one attached hydrogen (secondary N) is 1. The lowest BCUT2D eigenvalue weighted by Gasteiger charge is -2.14. The molecule has 3 N–H and O–H groups in total. The number of para-hydroxylation sites is 1. The van der Waals surface area contributed by atoms with Crippen molar-refractivity contribution in [3.63, 3.8) is 0 Å². The average molecular weight is 488 g/mol. The Bertz CT molecular complexity index is 1330. The predicted molar refractivity (Wildman–Crippen MR) is 137 cm³/mol. The Morgan fingerprint density at radius 2 is 1.81 bits per heavy atom. The number of aliphatic hydroxyl groups is 2. The Labute approximate surface area is 209 Å². The van der Waals surface area contributed by atoms with Gasteiger partial charge in [-0.05, 0) is 12.1 Å². The highest BCUT2D eigenvalue weighted by Gasteiger charge is 2.22. The molecule has 0 aliphatic carbocycles. The number of carbonyl (C=O) groups is 1. The van der Waals surface area contributed by atoms with Gasteiger partial charge in [-0.2, -0.15) is 0 Å². The van der Waals surface area contributed by atoms with Crippen LogP contribution >= 0.6 is 0 Å². The first kappa shape index (κ1) is 25.1. The molecule has 0 fully saturated rings. The quantitative estimate of drug-likeness (QED) is 0.330. The van der Waals surface area contributed by atoms with Crippen LogP contribution in [0.15, 0.2) is 77.3 Å². The van der Waals surface area contributed by atoms with E-state index in [2.05, 4.69) is 15.3 Å². The van der Waals surface area contributed by atoms with Crippen LogP contribution in [0.2, 0.25) is 0 Å². The molecule has 1 unspecified atom stereocenters. The maximum absolute atomic E-state index is 13.3. The van der Waals surface area contributed by atoms with Crippen molar-refractivity contribution in [3.8, 4) is 28.5 Å². The monoisotopic (exact) mass is 487 g/mol. The molecule has 1 atom stereocenters. The molecule has 1 amide bonds. The lowest BCUT2D eigenvalue weighted by molar-refractivity contribution is 0.0535. The number of hydrogen-bond donors (Lipinski definition) is 3. The number of aliphatic hydroxyl groups excluding tert-OH is 2. The van der Waals surface area contributed by atoms with E-state index in [1.54, 1.807) is 18.3 Å². The van der Waals surface area contributed by atoms with E-state index in [0.29, 0.717) is 28.6 Å². The number of hydrogen-bond acceptors (Lipinski definition) is 7. The standard InChI is InChI=1S/C28H29N3O5/c1-28(2,3)25-15-29-27(36-25)21-11-7-8-12-22(21)31-26(34)24-14-20(35-17-19(33)16-32)13-23(30-24)18-9-5-4-6-10-18/h4-15,19,32-33H,16-17H2,1-3H3,(H,31,34). The molecule has 0 aliphatic heterocycles. The number of pyridine rings is 1. The highest BCUT2D eigenvalue weighted by atomic mass is 16.5. The van der Waals surface area contributed by atoms with Crippen molar-refractivity contribution in [1.29, 1.82) is 0 Å². The summed E-state index contributed by atoms with van der Waals surface area (Å²) >= 11 is 0. The second-order valence-corrected chi connectivity index (χ2v) is 9.37. The molecule has 2 aromatic carbocycles. The number of carbonyl (C=O) groups excluding carboxylic acids is 1. The van der Waals surface area contributed by atoms with Gasteiger partial charge in [0.25, 0.3) is 5.91 Å². The molecule has 0 radical (unpaired) electrons. The third-order valence-corrected chi connectivity index (χ3v) is 5.40. The molecule has 8 heteroatoms. The van der Waals surface area contributed by atoms with E-state index in [1.807, 2.05) is 69.3 Å². The minimum Gasteiger partial charge on any atom is -0.491 e. The molecule has 2 aromatic heterocycles. The minimum atomic E-state index is -1.04. The third kappa shape index (κ3) is 5.97. The topological polar surface area (TPSA) is 118 Å². The van der Waals surface area contributed by atoms with E-state index in [1.165, 1.54) is 6.07 Å². The largest absolute Gasteiger partial charge is 0.491 e. The van der Waals surface area contributed by atoms with Gasteiger partial charge in [0.2, 0.25) is 5.89 Å². The zero-order valence-electron chi connectivity index (χ0n) is 20.4. The Kier molecular flexibility index (Phi) is 7.47. The Balaban J connectivity index is 1.65. The molecule has 0 aliphatic rings. The van der Waals surface area contributed by atoms with Gasteiger partial charge in [0.05, 0.1) is 29.7 Å². The average Bonchev–Trinajstić information content (AvgIpc) is 3.39. The number of aromatic nitrogens is 2. The van der Waals surface area contributed by atoms with Gasteiger partial charge >= 0.3 is 0 Å². The van der Waals surface area contributed by atoms with Gasteiger partial charge in [-0.15, -0.1) is 0 Å². The molecule has 0 spiro atoms. The van der Waals surface area contributed by atoms with E-state index in [-0.39, 0.29) is 17.7 Å². The lowest BCUT2D eigenvalue weighted by Crippen LogP contribution is -2.21. The first-order valence-electron chi connectivity index (χ1n) is 11.6. The molecule has 0 saturated heterocycles. The highest BCUT2D eigenvalue weighted by molar-refractivity contribution is 6.05. The molecule has 36 heavy (non-hydrogen) atoms. The number of anilines is 1. The maximum atomic E-state index is 13.3. The van der Waals surface area contributed by atoms with Crippen LogP contribution < -0.4 is 10.1 Å². The summed E-state index contributed by atoms with van der Waals surface area (Å²) in [5, 5.41) is 21.7. The fourth-order valence-electron chi connectivity index (χ4n) is 3.42. The van der Waals surface area contributed by atoms with Crippen molar-refractivity contribution in [2.45, 2.75) is 32.3 Å². The van der Waals surface area contributed by atoms with Crippen molar-refractivity contribution in [2.24, 2.45) is 0 Å². The maximum Gasteiger partial charge on any atom is 0.274 e. The van der Waals surface area contributed by atoms with Crippen molar-refractivity contribution < 1.29 is 24.2 Å². The number of ether oxygens (including phenoxy) is 1. The van der Waals surface area contributed by atoms with Crippen molar-refractivity contribution >= 4 is 11.6 Å². The summed E-state index contributed by atoms with van der Waals surface area (Å²) in [6.45, 7) is 5.55. The van der Waals surface area contributed by atoms with E-state index in [4.69, 9.17) is 14.3 Å². The number of benzene rings is 2. The van der Waals surface area contributed by atoms with E-state index >= 15 is 0 Å². The SMILES string of the molecule is CC(C)(C)c1cnc(-c2ccccc2NC(=O)c2cc(OCC(O)CO)cc(-c3ccccc3)n2)o1. The second-order valence-electron chi connectivity index (χ2n) is 9.37. The predicted octanol–water partition coefficient (Wildman–Crippen LogP) is 4.69. The Morgan fingerprint density at radius 3 is 2.50 bits per heavy atom. The second kappa shape index (κ2) is 10.7. The first-order valence-corrected chi connectivity index (χ1v) is 11.6. The molecule has 0 bridgehead atoms. The van der Waals surface area contributed by atoms with E-state index in [0.717, 1.165) is 11.3 Å². The summed E-state index contributed by atoms with van der Waals surface area (Å²) in [7, 11) is 0. The zero-order chi connectivity index (χ0) is 25.7. The number of oxazole rings is 1. The summed E-state index contributed by atoms with van der Waals surface area (Å²) in [6, 6.07) is 19.8. The van der Waals surface area contributed by atoms with Gasteiger partial charge < -0.3 is 24.7 Å². The van der Waals surface area contributed by atoms with Crippen LogP contribution in [0.1, 0.15) is 37.0 Å². The lowest BCUT2D eigenvalue weighted by atomic mass is 9.94. The fourth-order valence-corrected chi connectivity index (χ4v) is 3.42. The molecule has 0 saturated carbocycles. The molecule has 8 nitrogen and oxygen atoms in total. The smallest absolute Gasteiger partial charge is 0.274 e. The van der Waals surface area contributed by atoms with Crippen LogP contribution in [-0.2, 0) is 5.41 Å². The van der Waals surface area contributed by atoms with Gasteiger partial charge in [0, 0.05) is 23.1 Å². The highest BCUT2D eigenvalue weighted by Crippen LogP contribution is 2.32. The number of nitrogens with zero attached hydrogens (tertiary/aromatic N) is 2. The van der Waals surface area contributed by atoms with Gasteiger partial charge in [-0.1, -0.05) is 63.2 Å². The van der Waals surface area contributed by atoms with Gasteiger partial charge in [-0.3, -0.25) is 4.79 Å². The molecule has 186 valence electrons. The van der Waals surface area contributed by atoms with Crippen LogP contribution in [0.3, 0.4) is 0 Å². The summed E-state index contributed by atoms with van der Waals surface area (Å²) in [5.41, 5.74) is 2.42. The van der Waals surface area contributed by atoms with Gasteiger partial charge in [0.15, 0.2) is 0 Å². The van der Waals surface area contributed by atoms with Gasteiger partial charge in [0.1, 0.15) is 29.9 Å². The number of rotatable bonds is 8. The van der Waals surface area contributed by atoms with Crippen molar-refractivity contribution in [1.82, 2.24) is 9.97 Å². The molecular formula is C28H29N3O5. The molecule has 4 aromatic rings. The summed E-state index contributed by atoms with van der Waals surface area (Å²) in [5.74, 6) is 1.04. The summed E-state index contributed by atoms with van der Waals surface area (Å²) in [4.78, 5) is 22.3. The Hall–Kier alpha value is -4.01. The van der Waals surface area contributed by atoms with Crippen LogP contribution in [0, 0.1) is 0 Å². The normalized spacial score (nSPS) is 12.2. The summed E-state index contributed by atoms with van der Waals surface area (Å²) in [6.07, 6.45) is 0.657. The minimum absolute atomic E-state index is 0.126. The van der Waals surface area contributed by atoms with Crippen LogP contribution in [0.4, 0.5) is 5.69 Å². The van der Waals surface area contributed by atoms with Crippen LogP contribution in [-0.4, -0.2) is 45.4 Å². The summed E-state index contributed by atoms with van der Waals surface area (Å²) < 4.78 is 11.6. The first-order chi connectivity index (χ1) is 17.2. The van der Waals surface area contributed by atoms with Crippen molar-refractivity contribution in [3.05, 3.63) is 84.4 Å². The van der Waals surface area contributed by atoms with Crippen LogP contribution in [0.25, 0.3) is 22.7 Å². The zero-order valence-corrected chi connectivity index (χ0v) is 20.4. The van der Waals surface area contributed by atoms with Gasteiger partial charge in [-0.25, -0.2) is 9.97 Å². The van der Waals surface area contributed by atoms with Crippen LogP contribution in [0.5, 0.6) is 5.75 Å². The number of amides is 1. The molecular weight excluding hydrogens is 458 g/mol. The third-order valence-electron chi connectivity index (χ3n) is 5.40. The van der Waals surface area contributed by atoms with E-state index in [9.17, 15) is 9.90 Å². The van der Waals surface area contributed by atoms with E-state index < -0.39 is 18.6 Å². The molecule has 4 rings (SSSR count). The Morgan fingerprint density at radius 1 is 1.08 bits per heavy atom. The molecule has 2 heterocycles. The fraction of sp³-hybridized carbons (Fsp3) is 0.250. The van der Waals surface area contributed by atoms with Crippen molar-refractivity contribution in [2.75, 3.05) is 18.5 Å².